The van der Waals surface area contributed by atoms with Gasteiger partial charge in [-0.15, -0.1) is 0 Å². The summed E-state index contributed by atoms with van der Waals surface area (Å²) >= 11 is 16.4. The molecule has 4 rings (SSSR count). The molecule has 0 aliphatic carbocycles. The van der Waals surface area contributed by atoms with Gasteiger partial charge in [-0.1, -0.05) is 53.8 Å². The van der Waals surface area contributed by atoms with E-state index >= 15 is 0 Å². The molecule has 0 atom stereocenters. The van der Waals surface area contributed by atoms with Crippen LogP contribution in [0, 0.1) is 13.8 Å². The monoisotopic (exact) mass is 587 g/mol. The zero-order valence-corrected chi connectivity index (χ0v) is 23.4. The minimum absolute atomic E-state index is 0.139. The van der Waals surface area contributed by atoms with Crippen molar-refractivity contribution in [3.63, 3.8) is 0 Å². The highest BCUT2D eigenvalue weighted by Gasteiger charge is 2.33. The number of anilines is 1. The van der Waals surface area contributed by atoms with Gasteiger partial charge in [0.05, 0.1) is 21.7 Å². The molecule has 1 aliphatic rings. The average molecular weight is 589 g/mol. The second-order valence-electron chi connectivity index (χ2n) is 7.96. The first-order valence-corrected chi connectivity index (χ1v) is 13.3. The van der Waals surface area contributed by atoms with E-state index < -0.39 is 0 Å². The average Bonchev–Trinajstić information content (AvgIpc) is 3.09. The molecule has 0 unspecified atom stereocenters. The highest BCUT2D eigenvalue weighted by atomic mass is 79.9. The van der Waals surface area contributed by atoms with E-state index in [1.165, 1.54) is 17.3 Å². The van der Waals surface area contributed by atoms with Crippen molar-refractivity contribution in [2.75, 3.05) is 11.5 Å². The maximum Gasteiger partial charge on any atom is 0.270 e. The Morgan fingerprint density at radius 3 is 2.49 bits per heavy atom. The number of carbonyl (C=O) groups is 1. The van der Waals surface area contributed by atoms with E-state index in [9.17, 15) is 4.79 Å². The third kappa shape index (κ3) is 5.92. The van der Waals surface area contributed by atoms with Gasteiger partial charge in [0.2, 0.25) is 0 Å². The zero-order chi connectivity index (χ0) is 25.1. The Labute approximate surface area is 228 Å². The molecule has 0 N–H and O–H groups in total. The largest absolute Gasteiger partial charge is 0.490 e. The first-order valence-electron chi connectivity index (χ1n) is 11.0. The number of amides is 1. The molecule has 1 fully saturated rings. The van der Waals surface area contributed by atoms with E-state index in [4.69, 9.17) is 33.3 Å². The highest BCUT2D eigenvalue weighted by Crippen LogP contribution is 2.41. The molecule has 0 spiro atoms. The molecular weight excluding hydrogens is 566 g/mol. The second kappa shape index (κ2) is 11.2. The van der Waals surface area contributed by atoms with Crippen molar-refractivity contribution in [3.8, 4) is 11.5 Å². The van der Waals surface area contributed by atoms with Gasteiger partial charge in [0.15, 0.2) is 15.8 Å². The number of thiocarbonyl (C=S) groups is 1. The van der Waals surface area contributed by atoms with Crippen LogP contribution in [0.5, 0.6) is 11.5 Å². The molecule has 8 heteroatoms. The number of thioether (sulfide) groups is 1. The summed E-state index contributed by atoms with van der Waals surface area (Å²) in [5.74, 6) is 1.05. The van der Waals surface area contributed by atoms with Gasteiger partial charge in [0, 0.05) is 5.02 Å². The van der Waals surface area contributed by atoms with E-state index in [1.807, 2.05) is 81.4 Å². The normalized spacial score (nSPS) is 14.7. The Hall–Kier alpha value is -2.32. The summed E-state index contributed by atoms with van der Waals surface area (Å²) in [6, 6.07) is 17.2. The molecule has 1 heterocycles. The summed E-state index contributed by atoms with van der Waals surface area (Å²) in [6.07, 6.45) is 1.83. The molecular formula is C27H23BrClNO3S2. The molecule has 4 nitrogen and oxygen atoms in total. The Kier molecular flexibility index (Phi) is 8.22. The molecule has 35 heavy (non-hydrogen) atoms. The minimum Gasteiger partial charge on any atom is -0.490 e. The quantitative estimate of drug-likeness (QED) is 0.206. The molecule has 0 aromatic heterocycles. The number of aryl methyl sites for hydroxylation is 2. The molecule has 1 aliphatic heterocycles. The fraction of sp³-hybridized carbons (Fsp3) is 0.185. The van der Waals surface area contributed by atoms with Crippen LogP contribution in [0.25, 0.3) is 6.08 Å². The van der Waals surface area contributed by atoms with Gasteiger partial charge in [-0.3, -0.25) is 9.69 Å². The van der Waals surface area contributed by atoms with Crippen molar-refractivity contribution in [2.45, 2.75) is 27.4 Å². The van der Waals surface area contributed by atoms with Crippen molar-refractivity contribution < 1.29 is 14.3 Å². The van der Waals surface area contributed by atoms with Crippen molar-refractivity contribution in [3.05, 3.63) is 91.3 Å². The van der Waals surface area contributed by atoms with Crippen molar-refractivity contribution in [2.24, 2.45) is 0 Å². The third-order valence-electron chi connectivity index (χ3n) is 5.47. The summed E-state index contributed by atoms with van der Waals surface area (Å²) in [6.45, 7) is 6.82. The second-order valence-corrected chi connectivity index (χ2v) is 10.9. The van der Waals surface area contributed by atoms with E-state index in [0.717, 1.165) is 26.9 Å². The molecule has 0 radical (unpaired) electrons. The summed E-state index contributed by atoms with van der Waals surface area (Å²) in [7, 11) is 0. The number of hydrogen-bond donors (Lipinski definition) is 0. The number of nitrogens with zero attached hydrogens (tertiary/aromatic N) is 1. The lowest BCUT2D eigenvalue weighted by molar-refractivity contribution is -0.113. The highest BCUT2D eigenvalue weighted by molar-refractivity contribution is 9.10. The van der Waals surface area contributed by atoms with E-state index in [1.54, 1.807) is 4.90 Å². The van der Waals surface area contributed by atoms with E-state index in [-0.39, 0.29) is 5.91 Å². The Bertz CT molecular complexity index is 1320. The summed E-state index contributed by atoms with van der Waals surface area (Å²) in [5.41, 5.74) is 4.85. The van der Waals surface area contributed by atoms with Crippen LogP contribution in [0.4, 0.5) is 5.69 Å². The van der Waals surface area contributed by atoms with Crippen LogP contribution in [0.2, 0.25) is 5.02 Å². The van der Waals surface area contributed by atoms with E-state index in [2.05, 4.69) is 15.9 Å². The number of rotatable bonds is 7. The number of carbonyl (C=O) groups excluding carboxylic acids is 1. The summed E-state index contributed by atoms with van der Waals surface area (Å²) in [4.78, 5) is 15.4. The summed E-state index contributed by atoms with van der Waals surface area (Å²) < 4.78 is 13.2. The number of hydrogen-bond acceptors (Lipinski definition) is 5. The number of halogens is 2. The van der Waals surface area contributed by atoms with Gasteiger partial charge in [-0.25, -0.2) is 0 Å². The van der Waals surface area contributed by atoms with Crippen molar-refractivity contribution >= 4 is 73.5 Å². The first kappa shape index (κ1) is 25.8. The fourth-order valence-electron chi connectivity index (χ4n) is 3.52. The standard InChI is InChI=1S/C27H23BrClNO3S2/c1-4-32-23-13-19(12-22(28)25(23)33-15-18-6-8-20(29)9-7-18)14-24-26(31)30(27(34)35-24)21-10-5-16(2)17(3)11-21/h5-14H,4,15H2,1-3H3/b24-14+. The van der Waals surface area contributed by atoms with Gasteiger partial charge >= 0.3 is 0 Å². The molecule has 1 amide bonds. The van der Waals surface area contributed by atoms with Crippen LogP contribution in [0.3, 0.4) is 0 Å². The molecule has 1 saturated heterocycles. The minimum atomic E-state index is -0.139. The van der Waals surface area contributed by atoms with Crippen LogP contribution in [-0.2, 0) is 11.4 Å². The van der Waals surface area contributed by atoms with Crippen molar-refractivity contribution in [1.29, 1.82) is 0 Å². The Morgan fingerprint density at radius 2 is 1.80 bits per heavy atom. The van der Waals surface area contributed by atoms with Gasteiger partial charge in [-0.2, -0.15) is 0 Å². The zero-order valence-electron chi connectivity index (χ0n) is 19.4. The van der Waals surface area contributed by atoms with Crippen LogP contribution in [-0.4, -0.2) is 16.8 Å². The maximum atomic E-state index is 13.2. The SMILES string of the molecule is CCOc1cc(/C=C2/SC(=S)N(c3ccc(C)c(C)c3)C2=O)cc(Br)c1OCc1ccc(Cl)cc1. The van der Waals surface area contributed by atoms with Gasteiger partial charge in [0.25, 0.3) is 5.91 Å². The van der Waals surface area contributed by atoms with Crippen LogP contribution in [0.15, 0.2) is 64.0 Å². The fourth-order valence-corrected chi connectivity index (χ4v) is 5.52. The van der Waals surface area contributed by atoms with Gasteiger partial charge in [-0.05, 0) is 101 Å². The summed E-state index contributed by atoms with van der Waals surface area (Å²) in [5, 5.41) is 0.678. The van der Waals surface area contributed by atoms with Crippen LogP contribution < -0.4 is 14.4 Å². The lowest BCUT2D eigenvalue weighted by atomic mass is 10.1. The van der Waals surface area contributed by atoms with Crippen LogP contribution >= 0.6 is 51.5 Å². The van der Waals surface area contributed by atoms with Crippen LogP contribution in [0.1, 0.15) is 29.2 Å². The molecule has 3 aromatic rings. The Morgan fingerprint density at radius 1 is 1.06 bits per heavy atom. The molecule has 0 bridgehead atoms. The smallest absolute Gasteiger partial charge is 0.270 e. The third-order valence-corrected chi connectivity index (χ3v) is 7.61. The Balaban J connectivity index is 1.60. The predicted molar refractivity (Wildman–Crippen MR) is 153 cm³/mol. The van der Waals surface area contributed by atoms with Gasteiger partial charge < -0.3 is 9.47 Å². The molecule has 3 aromatic carbocycles. The lowest BCUT2D eigenvalue weighted by Gasteiger charge is -2.16. The first-order chi connectivity index (χ1) is 16.8. The maximum absolute atomic E-state index is 13.2. The topological polar surface area (TPSA) is 38.8 Å². The van der Waals surface area contributed by atoms with Crippen molar-refractivity contribution in [1.82, 2.24) is 0 Å². The number of benzene rings is 3. The van der Waals surface area contributed by atoms with Gasteiger partial charge in [0.1, 0.15) is 6.61 Å². The molecule has 0 saturated carbocycles. The predicted octanol–water partition coefficient (Wildman–Crippen LogP) is 8.10. The number of ether oxygens (including phenoxy) is 2. The molecule has 180 valence electrons. The van der Waals surface area contributed by atoms with E-state index in [0.29, 0.717) is 39.0 Å². The lowest BCUT2D eigenvalue weighted by Crippen LogP contribution is -2.27.